The molecule has 2 heterocycles. The molecule has 1 saturated heterocycles. The number of aromatic nitrogens is 2. The molecule has 0 radical (unpaired) electrons. The molecule has 0 aliphatic carbocycles. The van der Waals surface area contributed by atoms with Crippen LogP contribution in [0.15, 0.2) is 36.8 Å². The summed E-state index contributed by atoms with van der Waals surface area (Å²) in [4.78, 5) is 21.2. The molecule has 6 nitrogen and oxygen atoms in total. The standard InChI is InChI=1S/C20H27FN4O2/c1-20(2,14-24-8-10-27-11-9-24)13-23(3)19(26)18-12-22-15-25(18)17-6-4-16(21)5-7-17/h4-7,12,15H,8-11,13-14H2,1-3H3. The lowest BCUT2D eigenvalue weighted by Crippen LogP contribution is -2.46. The summed E-state index contributed by atoms with van der Waals surface area (Å²) in [6.45, 7) is 9.26. The van der Waals surface area contributed by atoms with E-state index in [0.717, 1.165) is 32.8 Å². The van der Waals surface area contributed by atoms with E-state index in [1.54, 1.807) is 34.1 Å². The number of halogens is 1. The zero-order valence-electron chi connectivity index (χ0n) is 16.2. The minimum absolute atomic E-state index is 0.0531. The molecule has 0 saturated carbocycles. The van der Waals surface area contributed by atoms with Gasteiger partial charge in [0.2, 0.25) is 0 Å². The molecule has 2 aromatic rings. The topological polar surface area (TPSA) is 50.6 Å². The Bertz CT molecular complexity index is 767. The van der Waals surface area contributed by atoms with E-state index < -0.39 is 0 Å². The van der Waals surface area contributed by atoms with Crippen LogP contribution < -0.4 is 0 Å². The van der Waals surface area contributed by atoms with E-state index in [1.165, 1.54) is 12.1 Å². The minimum Gasteiger partial charge on any atom is -0.379 e. The van der Waals surface area contributed by atoms with Gasteiger partial charge in [0, 0.05) is 38.9 Å². The highest BCUT2D eigenvalue weighted by atomic mass is 19.1. The first-order valence-corrected chi connectivity index (χ1v) is 9.20. The molecule has 0 spiro atoms. The van der Waals surface area contributed by atoms with Crippen LogP contribution in [0.3, 0.4) is 0 Å². The first-order chi connectivity index (χ1) is 12.9. The van der Waals surface area contributed by atoms with Crippen molar-refractivity contribution in [1.82, 2.24) is 19.4 Å². The number of carbonyl (C=O) groups excluding carboxylic acids is 1. The van der Waals surface area contributed by atoms with E-state index in [1.807, 2.05) is 7.05 Å². The zero-order chi connectivity index (χ0) is 19.4. The first kappa shape index (κ1) is 19.5. The van der Waals surface area contributed by atoms with Crippen molar-refractivity contribution in [3.63, 3.8) is 0 Å². The summed E-state index contributed by atoms with van der Waals surface area (Å²) >= 11 is 0. The van der Waals surface area contributed by atoms with Gasteiger partial charge in [0.05, 0.1) is 25.7 Å². The van der Waals surface area contributed by atoms with E-state index in [4.69, 9.17) is 4.74 Å². The molecule has 0 unspecified atom stereocenters. The summed E-state index contributed by atoms with van der Waals surface area (Å²) in [5.74, 6) is -0.416. The largest absolute Gasteiger partial charge is 0.379 e. The number of benzene rings is 1. The zero-order valence-corrected chi connectivity index (χ0v) is 16.2. The Morgan fingerprint density at radius 3 is 2.59 bits per heavy atom. The quantitative estimate of drug-likeness (QED) is 0.779. The number of amides is 1. The van der Waals surface area contributed by atoms with Gasteiger partial charge in [-0.15, -0.1) is 0 Å². The molecule has 1 aliphatic heterocycles. The van der Waals surface area contributed by atoms with E-state index >= 15 is 0 Å². The van der Waals surface area contributed by atoms with E-state index in [9.17, 15) is 9.18 Å². The molecular weight excluding hydrogens is 347 g/mol. The van der Waals surface area contributed by atoms with Crippen molar-refractivity contribution < 1.29 is 13.9 Å². The molecule has 1 amide bonds. The van der Waals surface area contributed by atoms with Gasteiger partial charge in [-0.2, -0.15) is 0 Å². The van der Waals surface area contributed by atoms with Crippen molar-refractivity contribution in [1.29, 1.82) is 0 Å². The summed E-state index contributed by atoms with van der Waals surface area (Å²) in [7, 11) is 1.81. The summed E-state index contributed by atoms with van der Waals surface area (Å²) in [5.41, 5.74) is 1.12. The minimum atomic E-state index is -0.311. The fraction of sp³-hybridized carbons (Fsp3) is 0.500. The molecule has 146 valence electrons. The van der Waals surface area contributed by atoms with Crippen LogP contribution in [0, 0.1) is 11.2 Å². The van der Waals surface area contributed by atoms with Crippen molar-refractivity contribution in [2.45, 2.75) is 13.8 Å². The highest BCUT2D eigenvalue weighted by Gasteiger charge is 2.28. The van der Waals surface area contributed by atoms with E-state index in [2.05, 4.69) is 23.7 Å². The van der Waals surface area contributed by atoms with Crippen molar-refractivity contribution in [3.8, 4) is 5.69 Å². The molecular formula is C20H27FN4O2. The third-order valence-electron chi connectivity index (χ3n) is 4.73. The molecule has 0 N–H and O–H groups in total. The Labute approximate surface area is 159 Å². The smallest absolute Gasteiger partial charge is 0.272 e. The number of rotatable bonds is 6. The summed E-state index contributed by atoms with van der Waals surface area (Å²) < 4.78 is 20.3. The monoisotopic (exact) mass is 374 g/mol. The Balaban J connectivity index is 1.68. The second kappa shape index (κ2) is 8.19. The van der Waals surface area contributed by atoms with Crippen molar-refractivity contribution in [2.24, 2.45) is 5.41 Å². The summed E-state index contributed by atoms with van der Waals surface area (Å²) in [6.07, 6.45) is 3.13. The van der Waals surface area contributed by atoms with Crippen molar-refractivity contribution in [3.05, 3.63) is 48.3 Å². The molecule has 0 bridgehead atoms. The van der Waals surface area contributed by atoms with Crippen LogP contribution >= 0.6 is 0 Å². The highest BCUT2D eigenvalue weighted by molar-refractivity contribution is 5.92. The lowest BCUT2D eigenvalue weighted by atomic mass is 9.91. The van der Waals surface area contributed by atoms with Crippen LogP contribution in [0.2, 0.25) is 0 Å². The average Bonchev–Trinajstić information content (AvgIpc) is 3.11. The predicted molar refractivity (Wildman–Crippen MR) is 102 cm³/mol. The SMILES string of the molecule is CN(CC(C)(C)CN1CCOCC1)C(=O)c1cncn1-c1ccc(F)cc1. The second-order valence-electron chi connectivity index (χ2n) is 7.84. The average molecular weight is 374 g/mol. The number of hydrogen-bond acceptors (Lipinski definition) is 4. The van der Waals surface area contributed by atoms with Gasteiger partial charge in [0.1, 0.15) is 11.5 Å². The van der Waals surface area contributed by atoms with Crippen molar-refractivity contribution in [2.75, 3.05) is 46.4 Å². The molecule has 1 aromatic heterocycles. The molecule has 1 aromatic carbocycles. The van der Waals surface area contributed by atoms with Gasteiger partial charge in [-0.05, 0) is 29.7 Å². The van der Waals surface area contributed by atoms with Crippen LogP contribution in [-0.2, 0) is 4.74 Å². The van der Waals surface area contributed by atoms with Gasteiger partial charge in [-0.25, -0.2) is 9.37 Å². The van der Waals surface area contributed by atoms with E-state index in [-0.39, 0.29) is 17.1 Å². The fourth-order valence-electron chi connectivity index (χ4n) is 3.58. The number of carbonyl (C=O) groups is 1. The third kappa shape index (κ3) is 4.93. The number of hydrogen-bond donors (Lipinski definition) is 0. The highest BCUT2D eigenvalue weighted by Crippen LogP contribution is 2.21. The normalized spacial score (nSPS) is 15.7. The van der Waals surface area contributed by atoms with E-state index in [0.29, 0.717) is 17.9 Å². The number of ether oxygens (including phenoxy) is 1. The van der Waals surface area contributed by atoms with Gasteiger partial charge in [0.25, 0.3) is 5.91 Å². The van der Waals surface area contributed by atoms with Gasteiger partial charge in [0.15, 0.2) is 0 Å². The molecule has 1 aliphatic rings. The molecule has 1 fully saturated rings. The molecule has 27 heavy (non-hydrogen) atoms. The summed E-state index contributed by atoms with van der Waals surface area (Å²) in [5, 5.41) is 0. The fourth-order valence-corrected chi connectivity index (χ4v) is 3.58. The molecule has 3 rings (SSSR count). The Morgan fingerprint density at radius 2 is 1.93 bits per heavy atom. The maximum Gasteiger partial charge on any atom is 0.272 e. The van der Waals surface area contributed by atoms with Crippen LogP contribution in [0.1, 0.15) is 24.3 Å². The third-order valence-corrected chi connectivity index (χ3v) is 4.73. The van der Waals surface area contributed by atoms with Gasteiger partial charge in [-0.3, -0.25) is 14.3 Å². The lowest BCUT2D eigenvalue weighted by Gasteiger charge is -2.37. The van der Waals surface area contributed by atoms with Crippen LogP contribution in [0.5, 0.6) is 0 Å². The maximum absolute atomic E-state index is 13.2. The molecule has 7 heteroatoms. The van der Waals surface area contributed by atoms with Gasteiger partial charge < -0.3 is 9.64 Å². The van der Waals surface area contributed by atoms with Crippen molar-refractivity contribution >= 4 is 5.91 Å². The Kier molecular flexibility index (Phi) is 5.92. The second-order valence-corrected chi connectivity index (χ2v) is 7.84. The van der Waals surface area contributed by atoms with Crippen LogP contribution in [0.25, 0.3) is 5.69 Å². The Hall–Kier alpha value is -2.25. The predicted octanol–water partition coefficient (Wildman–Crippen LogP) is 2.44. The number of morpholine rings is 1. The van der Waals surface area contributed by atoms with Gasteiger partial charge >= 0.3 is 0 Å². The van der Waals surface area contributed by atoms with Crippen LogP contribution in [-0.4, -0.2) is 71.7 Å². The van der Waals surface area contributed by atoms with Crippen LogP contribution in [0.4, 0.5) is 4.39 Å². The maximum atomic E-state index is 13.2. The Morgan fingerprint density at radius 1 is 1.26 bits per heavy atom. The first-order valence-electron chi connectivity index (χ1n) is 9.20. The summed E-state index contributed by atoms with van der Waals surface area (Å²) in [6, 6.07) is 6.02. The molecule has 0 atom stereocenters. The number of nitrogens with zero attached hydrogens (tertiary/aromatic N) is 4. The number of imidazole rings is 1. The lowest BCUT2D eigenvalue weighted by molar-refractivity contribution is 0.0162. The van der Waals surface area contributed by atoms with Gasteiger partial charge in [-0.1, -0.05) is 13.8 Å².